The fourth-order valence-electron chi connectivity index (χ4n) is 2.70. The van der Waals surface area contributed by atoms with Crippen molar-refractivity contribution in [3.05, 3.63) is 34.3 Å². The zero-order chi connectivity index (χ0) is 16.5. The highest BCUT2D eigenvalue weighted by molar-refractivity contribution is 9.10. The normalized spacial score (nSPS) is 14.5. The van der Waals surface area contributed by atoms with Crippen LogP contribution in [0, 0.1) is 5.92 Å². The van der Waals surface area contributed by atoms with Crippen molar-refractivity contribution in [1.29, 1.82) is 0 Å². The van der Waals surface area contributed by atoms with Gasteiger partial charge in [-0.25, -0.2) is 0 Å². The van der Waals surface area contributed by atoms with E-state index in [-0.39, 0.29) is 24.2 Å². The van der Waals surface area contributed by atoms with Gasteiger partial charge in [0.15, 0.2) is 0 Å². The summed E-state index contributed by atoms with van der Waals surface area (Å²) in [6, 6.07) is 7.23. The van der Waals surface area contributed by atoms with Crippen LogP contribution in [0.5, 0.6) is 0 Å². The molecule has 2 rings (SSSR count). The van der Waals surface area contributed by atoms with E-state index >= 15 is 0 Å². The summed E-state index contributed by atoms with van der Waals surface area (Å²) >= 11 is 3.34. The molecule has 7 heteroatoms. The molecule has 0 bridgehead atoms. The molecule has 0 aliphatic carbocycles. The van der Waals surface area contributed by atoms with Crippen LogP contribution in [0.4, 0.5) is 0 Å². The second kappa shape index (κ2) is 11.4. The first-order chi connectivity index (χ1) is 11.1. The SMILES string of the molecule is Cl.O=C(CCC1CCNCC1)NCCNC(=O)c1cccc(Br)c1. The summed E-state index contributed by atoms with van der Waals surface area (Å²) in [6.45, 7) is 3.02. The molecular weight excluding hydrogens is 394 g/mol. The minimum Gasteiger partial charge on any atom is -0.354 e. The molecule has 0 unspecified atom stereocenters. The number of nitrogens with one attached hydrogen (secondary N) is 3. The van der Waals surface area contributed by atoms with Crippen molar-refractivity contribution >= 4 is 40.2 Å². The van der Waals surface area contributed by atoms with Crippen LogP contribution < -0.4 is 16.0 Å². The molecule has 0 atom stereocenters. The second-order valence-corrected chi connectivity index (χ2v) is 6.76. The van der Waals surface area contributed by atoms with Gasteiger partial charge < -0.3 is 16.0 Å². The van der Waals surface area contributed by atoms with Crippen LogP contribution in [0.2, 0.25) is 0 Å². The van der Waals surface area contributed by atoms with E-state index in [1.165, 1.54) is 0 Å². The molecule has 0 aromatic heterocycles. The molecule has 1 saturated heterocycles. The Morgan fingerprint density at radius 2 is 1.88 bits per heavy atom. The fraction of sp³-hybridized carbons (Fsp3) is 0.529. The van der Waals surface area contributed by atoms with Crippen molar-refractivity contribution in [3.8, 4) is 0 Å². The molecule has 24 heavy (non-hydrogen) atoms. The summed E-state index contributed by atoms with van der Waals surface area (Å²) < 4.78 is 0.872. The largest absolute Gasteiger partial charge is 0.354 e. The van der Waals surface area contributed by atoms with Crippen molar-refractivity contribution < 1.29 is 9.59 Å². The Morgan fingerprint density at radius 1 is 1.17 bits per heavy atom. The van der Waals surface area contributed by atoms with Gasteiger partial charge in [0.2, 0.25) is 5.91 Å². The summed E-state index contributed by atoms with van der Waals surface area (Å²) in [5, 5.41) is 8.99. The van der Waals surface area contributed by atoms with E-state index in [0.717, 1.165) is 36.8 Å². The van der Waals surface area contributed by atoms with Crippen LogP contribution >= 0.6 is 28.3 Å². The van der Waals surface area contributed by atoms with E-state index in [4.69, 9.17) is 0 Å². The Bertz CT molecular complexity index is 536. The summed E-state index contributed by atoms with van der Waals surface area (Å²) in [5.74, 6) is 0.605. The lowest BCUT2D eigenvalue weighted by Gasteiger charge is -2.22. The van der Waals surface area contributed by atoms with Gasteiger partial charge in [-0.3, -0.25) is 9.59 Å². The number of rotatable bonds is 7. The average molecular weight is 419 g/mol. The number of hydrogen-bond acceptors (Lipinski definition) is 3. The fourth-order valence-corrected chi connectivity index (χ4v) is 3.10. The zero-order valence-electron chi connectivity index (χ0n) is 13.6. The maximum Gasteiger partial charge on any atom is 0.251 e. The van der Waals surface area contributed by atoms with Crippen molar-refractivity contribution in [2.75, 3.05) is 26.2 Å². The molecule has 1 aromatic rings. The van der Waals surface area contributed by atoms with Gasteiger partial charge in [-0.05, 0) is 56.5 Å². The van der Waals surface area contributed by atoms with Gasteiger partial charge in [0.25, 0.3) is 5.91 Å². The molecule has 2 amide bonds. The minimum absolute atomic E-state index is 0. The molecule has 134 valence electrons. The van der Waals surface area contributed by atoms with Crippen LogP contribution in [-0.2, 0) is 4.79 Å². The van der Waals surface area contributed by atoms with Crippen molar-refractivity contribution in [2.24, 2.45) is 5.92 Å². The molecule has 1 aromatic carbocycles. The maximum atomic E-state index is 11.9. The van der Waals surface area contributed by atoms with Gasteiger partial charge in [0.1, 0.15) is 0 Å². The van der Waals surface area contributed by atoms with Crippen LogP contribution in [0.1, 0.15) is 36.0 Å². The highest BCUT2D eigenvalue weighted by Gasteiger charge is 2.14. The van der Waals surface area contributed by atoms with Crippen molar-refractivity contribution in [2.45, 2.75) is 25.7 Å². The number of carbonyl (C=O) groups excluding carboxylic acids is 2. The minimum atomic E-state index is -0.129. The highest BCUT2D eigenvalue weighted by atomic mass is 79.9. The topological polar surface area (TPSA) is 70.2 Å². The van der Waals surface area contributed by atoms with Gasteiger partial charge in [-0.1, -0.05) is 22.0 Å². The second-order valence-electron chi connectivity index (χ2n) is 5.85. The molecule has 0 spiro atoms. The number of benzene rings is 1. The molecule has 1 heterocycles. The van der Waals surface area contributed by atoms with E-state index in [9.17, 15) is 9.59 Å². The maximum absolute atomic E-state index is 11.9. The van der Waals surface area contributed by atoms with Gasteiger partial charge in [-0.2, -0.15) is 0 Å². The molecule has 0 radical (unpaired) electrons. The average Bonchev–Trinajstić information content (AvgIpc) is 2.57. The third-order valence-electron chi connectivity index (χ3n) is 4.06. The molecule has 1 fully saturated rings. The summed E-state index contributed by atoms with van der Waals surface area (Å²) in [6.07, 6.45) is 3.86. The number of halogens is 2. The van der Waals surface area contributed by atoms with E-state index in [2.05, 4.69) is 31.9 Å². The Labute approximate surface area is 157 Å². The summed E-state index contributed by atoms with van der Waals surface area (Å²) in [7, 11) is 0. The predicted molar refractivity (Wildman–Crippen MR) is 102 cm³/mol. The standard InChI is InChI=1S/C17H24BrN3O2.ClH/c18-15-3-1-2-14(12-15)17(23)21-11-10-20-16(22)5-4-13-6-8-19-9-7-13;/h1-3,12-13,19H,4-11H2,(H,20,22)(H,21,23);1H. The lowest BCUT2D eigenvalue weighted by atomic mass is 9.93. The number of hydrogen-bond donors (Lipinski definition) is 3. The Balaban J connectivity index is 0.00000288. The number of amides is 2. The lowest BCUT2D eigenvalue weighted by molar-refractivity contribution is -0.121. The molecule has 0 saturated carbocycles. The van der Waals surface area contributed by atoms with E-state index in [0.29, 0.717) is 31.0 Å². The summed E-state index contributed by atoms with van der Waals surface area (Å²) in [5.41, 5.74) is 0.608. The smallest absolute Gasteiger partial charge is 0.251 e. The van der Waals surface area contributed by atoms with E-state index in [1.54, 1.807) is 12.1 Å². The molecule has 1 aliphatic rings. The Morgan fingerprint density at radius 3 is 2.58 bits per heavy atom. The van der Waals surface area contributed by atoms with Crippen LogP contribution in [0.15, 0.2) is 28.7 Å². The van der Waals surface area contributed by atoms with E-state index in [1.807, 2.05) is 12.1 Å². The number of piperidine rings is 1. The predicted octanol–water partition coefficient (Wildman–Crippen LogP) is 2.50. The highest BCUT2D eigenvalue weighted by Crippen LogP contribution is 2.17. The third-order valence-corrected chi connectivity index (χ3v) is 4.55. The first kappa shape index (κ1) is 20.9. The lowest BCUT2D eigenvalue weighted by Crippen LogP contribution is -2.35. The van der Waals surface area contributed by atoms with Crippen LogP contribution in [-0.4, -0.2) is 38.0 Å². The van der Waals surface area contributed by atoms with Crippen LogP contribution in [0.25, 0.3) is 0 Å². The van der Waals surface area contributed by atoms with Crippen molar-refractivity contribution in [3.63, 3.8) is 0 Å². The summed E-state index contributed by atoms with van der Waals surface area (Å²) in [4.78, 5) is 23.7. The molecule has 1 aliphatic heterocycles. The van der Waals surface area contributed by atoms with Gasteiger partial charge in [0, 0.05) is 29.5 Å². The van der Waals surface area contributed by atoms with Crippen molar-refractivity contribution in [1.82, 2.24) is 16.0 Å². The van der Waals surface area contributed by atoms with Gasteiger partial charge in [-0.15, -0.1) is 12.4 Å². The monoisotopic (exact) mass is 417 g/mol. The Hall–Kier alpha value is -1.11. The Kier molecular flexibility index (Phi) is 9.98. The molecule has 5 nitrogen and oxygen atoms in total. The quantitative estimate of drug-likeness (QED) is 0.596. The third kappa shape index (κ3) is 7.64. The van der Waals surface area contributed by atoms with Gasteiger partial charge in [0.05, 0.1) is 0 Å². The number of carbonyl (C=O) groups is 2. The first-order valence-electron chi connectivity index (χ1n) is 8.16. The molecule has 3 N–H and O–H groups in total. The van der Waals surface area contributed by atoms with Crippen LogP contribution in [0.3, 0.4) is 0 Å². The first-order valence-corrected chi connectivity index (χ1v) is 8.95. The van der Waals surface area contributed by atoms with E-state index < -0.39 is 0 Å². The zero-order valence-corrected chi connectivity index (χ0v) is 16.0. The molecular formula is C17H25BrClN3O2. The van der Waals surface area contributed by atoms with Gasteiger partial charge >= 0.3 is 0 Å².